The van der Waals surface area contributed by atoms with Crippen molar-refractivity contribution in [2.45, 2.75) is 274 Å². The first-order valence-corrected chi connectivity index (χ1v) is 24.9. The number of aliphatic hydroxyl groups is 6. The van der Waals surface area contributed by atoms with Crippen LogP contribution in [0.2, 0.25) is 0 Å². The highest BCUT2D eigenvalue weighted by Crippen LogP contribution is 2.39. The summed E-state index contributed by atoms with van der Waals surface area (Å²) in [6, 6.07) is 0. The maximum Gasteiger partial charge on any atom is 0.306 e. The summed E-state index contributed by atoms with van der Waals surface area (Å²) in [5.74, 6) is -3.51. The van der Waals surface area contributed by atoms with Gasteiger partial charge in [0.1, 0.15) is 43.2 Å². The van der Waals surface area contributed by atoms with Gasteiger partial charge in [0, 0.05) is 12.8 Å². The molecule has 2 saturated heterocycles. The van der Waals surface area contributed by atoms with Crippen LogP contribution in [0.15, 0.2) is 0 Å². The summed E-state index contributed by atoms with van der Waals surface area (Å²) in [4.78, 5) is 26.2. The van der Waals surface area contributed by atoms with Crippen molar-refractivity contribution in [1.82, 2.24) is 0 Å². The van der Waals surface area contributed by atoms with E-state index in [0.29, 0.717) is 12.8 Å². The summed E-state index contributed by atoms with van der Waals surface area (Å²) in [5.41, 5.74) is 0. The van der Waals surface area contributed by atoms with Crippen molar-refractivity contribution in [1.29, 1.82) is 0 Å². The number of ether oxygens (including phenoxy) is 5. The average molecular weight is 875 g/mol. The van der Waals surface area contributed by atoms with Gasteiger partial charge in [0.25, 0.3) is 0 Å². The van der Waals surface area contributed by atoms with E-state index in [1.54, 1.807) is 0 Å². The summed E-state index contributed by atoms with van der Waals surface area (Å²) < 4.78 is 28.9. The topological polar surface area (TPSA) is 202 Å². The molecule has 9 unspecified atom stereocenters. The standard InChI is InChI=1S/C48H90O13/c1-3-5-7-9-11-13-15-17-19-21-23-25-27-29-31-33-40(51)57-37-48(61-47-45(56)44(55)42(53)38(35-49)58-47)46(43(54)39(36-50)60-48)59-41(52)34-32-30-28-26-24-22-20-18-16-14-12-10-8-6-4-2/h38-39,42-47,49-50,53-56H,3-37H2,1-2H3. The Balaban J connectivity index is 1.85. The summed E-state index contributed by atoms with van der Waals surface area (Å²) in [5, 5.41) is 62.7. The predicted octanol–water partition coefficient (Wildman–Crippen LogP) is 8.23. The highest BCUT2D eigenvalue weighted by atomic mass is 16.8. The third-order valence-corrected chi connectivity index (χ3v) is 12.5. The van der Waals surface area contributed by atoms with Gasteiger partial charge in [-0.2, -0.15) is 0 Å². The molecule has 0 aromatic heterocycles. The Morgan fingerprint density at radius 2 is 0.852 bits per heavy atom. The van der Waals surface area contributed by atoms with Crippen LogP contribution in [0.1, 0.15) is 219 Å². The molecule has 2 aliphatic heterocycles. The zero-order chi connectivity index (χ0) is 44.6. The smallest absolute Gasteiger partial charge is 0.306 e. The Labute approximate surface area is 369 Å². The summed E-state index contributed by atoms with van der Waals surface area (Å²) >= 11 is 0. The van der Waals surface area contributed by atoms with Crippen LogP contribution in [-0.4, -0.2) is 117 Å². The molecule has 2 heterocycles. The molecule has 2 fully saturated rings. The van der Waals surface area contributed by atoms with Crippen LogP contribution in [0.3, 0.4) is 0 Å². The molecule has 0 aromatic rings. The largest absolute Gasteiger partial charge is 0.460 e. The van der Waals surface area contributed by atoms with Crippen molar-refractivity contribution in [3.05, 3.63) is 0 Å². The maximum absolute atomic E-state index is 13.2. The van der Waals surface area contributed by atoms with Crippen LogP contribution in [0.5, 0.6) is 0 Å². The molecule has 0 aromatic carbocycles. The van der Waals surface area contributed by atoms with E-state index in [9.17, 15) is 40.2 Å². The summed E-state index contributed by atoms with van der Waals surface area (Å²) in [6.07, 6.45) is 22.6. The Morgan fingerprint density at radius 1 is 0.475 bits per heavy atom. The Hall–Kier alpha value is -1.42. The van der Waals surface area contributed by atoms with E-state index in [4.69, 9.17) is 23.7 Å². The quantitative estimate of drug-likeness (QED) is 0.0255. The van der Waals surface area contributed by atoms with Gasteiger partial charge in [-0.25, -0.2) is 0 Å². The molecule has 0 bridgehead atoms. The first-order chi connectivity index (χ1) is 29.6. The van der Waals surface area contributed by atoms with Gasteiger partial charge in [0.05, 0.1) is 13.2 Å². The Kier molecular flexibility index (Phi) is 31.9. The summed E-state index contributed by atoms with van der Waals surface area (Å²) in [7, 11) is 0. The maximum atomic E-state index is 13.2. The number of rotatable bonds is 39. The molecule has 0 spiro atoms. The molecule has 0 amide bonds. The van der Waals surface area contributed by atoms with Gasteiger partial charge in [-0.05, 0) is 12.8 Å². The van der Waals surface area contributed by atoms with E-state index in [-0.39, 0.29) is 12.8 Å². The molecule has 360 valence electrons. The van der Waals surface area contributed by atoms with E-state index in [1.165, 1.54) is 135 Å². The molecule has 13 nitrogen and oxygen atoms in total. The van der Waals surface area contributed by atoms with E-state index in [1.807, 2.05) is 0 Å². The minimum absolute atomic E-state index is 0.0420. The lowest BCUT2D eigenvalue weighted by atomic mass is 9.99. The van der Waals surface area contributed by atoms with Crippen LogP contribution >= 0.6 is 0 Å². The molecule has 61 heavy (non-hydrogen) atoms. The second-order valence-electron chi connectivity index (χ2n) is 17.9. The molecule has 0 aliphatic carbocycles. The predicted molar refractivity (Wildman–Crippen MR) is 235 cm³/mol. The number of unbranched alkanes of at least 4 members (excludes halogenated alkanes) is 28. The lowest BCUT2D eigenvalue weighted by molar-refractivity contribution is -0.384. The van der Waals surface area contributed by atoms with Crippen LogP contribution in [0, 0.1) is 0 Å². The average Bonchev–Trinajstić information content (AvgIpc) is 3.51. The monoisotopic (exact) mass is 875 g/mol. The molecule has 6 N–H and O–H groups in total. The van der Waals surface area contributed by atoms with Gasteiger partial charge in [0.15, 0.2) is 12.4 Å². The van der Waals surface area contributed by atoms with Gasteiger partial charge in [-0.1, -0.05) is 194 Å². The fourth-order valence-corrected chi connectivity index (χ4v) is 8.49. The highest BCUT2D eigenvalue weighted by molar-refractivity contribution is 5.70. The lowest BCUT2D eigenvalue weighted by Gasteiger charge is -2.43. The number of esters is 2. The molecule has 13 heteroatoms. The second kappa shape index (κ2) is 34.9. The van der Waals surface area contributed by atoms with Crippen molar-refractivity contribution in [3.63, 3.8) is 0 Å². The first kappa shape index (κ1) is 55.7. The molecular weight excluding hydrogens is 785 g/mol. The van der Waals surface area contributed by atoms with Crippen LogP contribution in [-0.2, 0) is 33.3 Å². The number of hydrogen-bond acceptors (Lipinski definition) is 13. The van der Waals surface area contributed by atoms with Gasteiger partial charge < -0.3 is 54.3 Å². The number of carbonyl (C=O) groups excluding carboxylic acids is 2. The minimum Gasteiger partial charge on any atom is -0.460 e. The molecular formula is C48H90O13. The third kappa shape index (κ3) is 22.9. The van der Waals surface area contributed by atoms with E-state index in [0.717, 1.165) is 44.9 Å². The van der Waals surface area contributed by atoms with Crippen molar-refractivity contribution < 1.29 is 63.9 Å². The molecule has 0 radical (unpaired) electrons. The fraction of sp³-hybridized carbons (Fsp3) is 0.958. The van der Waals surface area contributed by atoms with E-state index < -0.39 is 86.6 Å². The van der Waals surface area contributed by atoms with Gasteiger partial charge in [-0.3, -0.25) is 9.59 Å². The van der Waals surface area contributed by atoms with E-state index >= 15 is 0 Å². The molecule has 9 atom stereocenters. The lowest BCUT2D eigenvalue weighted by Crippen LogP contribution is -2.63. The van der Waals surface area contributed by atoms with Crippen LogP contribution in [0.4, 0.5) is 0 Å². The number of hydrogen-bond donors (Lipinski definition) is 6. The zero-order valence-electron chi connectivity index (χ0n) is 38.4. The highest BCUT2D eigenvalue weighted by Gasteiger charge is 2.61. The fourth-order valence-electron chi connectivity index (χ4n) is 8.49. The SMILES string of the molecule is CCCCCCCCCCCCCCCCCC(=O)OCC1(OC2OC(CO)C(O)C(O)C2O)OC(CO)C(O)C1OC(=O)CCCCCCCCCCCCCCCCC. The number of aliphatic hydroxyl groups excluding tert-OH is 6. The van der Waals surface area contributed by atoms with Crippen molar-refractivity contribution in [2.75, 3.05) is 19.8 Å². The van der Waals surface area contributed by atoms with Crippen LogP contribution in [0.25, 0.3) is 0 Å². The number of carbonyl (C=O) groups is 2. The van der Waals surface area contributed by atoms with Gasteiger partial charge in [-0.15, -0.1) is 0 Å². The Morgan fingerprint density at radius 3 is 1.25 bits per heavy atom. The second-order valence-corrected chi connectivity index (χ2v) is 17.9. The normalized spacial score (nSPS) is 26.5. The molecule has 2 rings (SSSR count). The Bertz CT molecular complexity index is 1080. The van der Waals surface area contributed by atoms with Gasteiger partial charge in [0.2, 0.25) is 5.79 Å². The van der Waals surface area contributed by atoms with E-state index in [2.05, 4.69) is 13.8 Å². The first-order valence-electron chi connectivity index (χ1n) is 24.9. The summed E-state index contributed by atoms with van der Waals surface area (Å²) in [6.45, 7) is 2.34. The molecule has 0 saturated carbocycles. The van der Waals surface area contributed by atoms with Crippen molar-refractivity contribution in [2.24, 2.45) is 0 Å². The van der Waals surface area contributed by atoms with Crippen molar-refractivity contribution >= 4 is 11.9 Å². The van der Waals surface area contributed by atoms with Crippen LogP contribution < -0.4 is 0 Å². The minimum atomic E-state index is -2.27. The third-order valence-electron chi connectivity index (χ3n) is 12.5. The van der Waals surface area contributed by atoms with Crippen molar-refractivity contribution in [3.8, 4) is 0 Å². The van der Waals surface area contributed by atoms with Gasteiger partial charge >= 0.3 is 11.9 Å². The molecule has 2 aliphatic rings. The zero-order valence-corrected chi connectivity index (χ0v) is 38.4.